The molecule has 0 aromatic heterocycles. The summed E-state index contributed by atoms with van der Waals surface area (Å²) in [7, 11) is 6.49. The molecule has 0 saturated heterocycles. The topological polar surface area (TPSA) is 138 Å². The van der Waals surface area contributed by atoms with Crippen LogP contribution < -0.4 is 18.9 Å². The standard InChI is InChI=1S/C37H42O9S2/c1-43-30-13-20(14-31(44-2)36(30)42)37-35(41)27-18-47-48-22-5-3-4-19(12-22)6-8-23-25-15-21(40)7-9-24(25)32-28(45-11-10-38)16-29(46-37)33(27)34(32)26(23)17-39/h3,5,7,9,13-16,19,22-23,26-27,35,37-42H,4,6,8,10-12,17-18H2,1-2H3/t19-,22-,23+,26+,27+,35+,37+/m0/s1. The van der Waals surface area contributed by atoms with E-state index in [0.717, 1.165) is 53.5 Å². The molecule has 0 spiro atoms. The number of phenols is 2. The summed E-state index contributed by atoms with van der Waals surface area (Å²) in [6.07, 6.45) is 6.63. The highest BCUT2D eigenvalue weighted by atomic mass is 33.1. The van der Waals surface area contributed by atoms with Crippen LogP contribution >= 0.6 is 21.6 Å². The largest absolute Gasteiger partial charge is 0.508 e. The van der Waals surface area contributed by atoms with Crippen molar-refractivity contribution in [3.05, 3.63) is 70.8 Å². The Kier molecular flexibility index (Phi) is 9.68. The molecule has 48 heavy (non-hydrogen) atoms. The lowest BCUT2D eigenvalue weighted by Gasteiger charge is -2.43. The van der Waals surface area contributed by atoms with E-state index < -0.39 is 18.1 Å². The summed E-state index contributed by atoms with van der Waals surface area (Å²) in [5, 5.41) is 55.1. The van der Waals surface area contributed by atoms with E-state index in [9.17, 15) is 25.5 Å². The van der Waals surface area contributed by atoms with Crippen molar-refractivity contribution in [2.75, 3.05) is 39.8 Å². The lowest BCUT2D eigenvalue weighted by molar-refractivity contribution is 0.00384. The Morgan fingerprint density at radius 1 is 0.938 bits per heavy atom. The number of benzene rings is 3. The molecule has 0 fully saturated rings. The van der Waals surface area contributed by atoms with Gasteiger partial charge in [0.2, 0.25) is 5.75 Å². The maximum Gasteiger partial charge on any atom is 0.200 e. The van der Waals surface area contributed by atoms with Crippen LogP contribution in [0.25, 0.3) is 11.1 Å². The van der Waals surface area contributed by atoms with E-state index in [-0.39, 0.29) is 54.7 Å². The van der Waals surface area contributed by atoms with Gasteiger partial charge in [0.1, 0.15) is 30.0 Å². The fourth-order valence-corrected chi connectivity index (χ4v) is 11.0. The van der Waals surface area contributed by atoms with Gasteiger partial charge in [-0.3, -0.25) is 0 Å². The van der Waals surface area contributed by atoms with Crippen molar-refractivity contribution in [2.45, 2.75) is 60.9 Å². The number of phenolic OH excluding ortho intramolecular Hbond substituents is 2. The van der Waals surface area contributed by atoms with Crippen LogP contribution in [0, 0.1) is 5.92 Å². The number of methoxy groups -OCH3 is 2. The second-order valence-electron chi connectivity index (χ2n) is 13.0. The SMILES string of the molecule is COc1cc([C@H]2Oc3cc(OCCO)c4c5c3[C@@H](CSS[C@H]3C=CC[C@@H](CC[C@H](c6cc(O)ccc6-4)[C@H]5CO)C3)[C@H]2O)cc(OC)c1O. The number of hydrogen-bond donors (Lipinski definition) is 5. The van der Waals surface area contributed by atoms with Crippen molar-refractivity contribution in [1.29, 1.82) is 0 Å². The molecule has 11 heteroatoms. The summed E-state index contributed by atoms with van der Waals surface area (Å²) in [5.41, 5.74) is 4.98. The van der Waals surface area contributed by atoms with Gasteiger partial charge in [-0.15, -0.1) is 0 Å². The van der Waals surface area contributed by atoms with Crippen LogP contribution in [0.3, 0.4) is 0 Å². The zero-order valence-corrected chi connectivity index (χ0v) is 28.6. The van der Waals surface area contributed by atoms with E-state index >= 15 is 0 Å². The summed E-state index contributed by atoms with van der Waals surface area (Å²) in [5.74, 6) is 1.70. The van der Waals surface area contributed by atoms with Crippen LogP contribution in [-0.2, 0) is 0 Å². The van der Waals surface area contributed by atoms with Gasteiger partial charge >= 0.3 is 0 Å². The van der Waals surface area contributed by atoms with Gasteiger partial charge in [0.15, 0.2) is 17.6 Å². The van der Waals surface area contributed by atoms with Crippen LogP contribution in [0.15, 0.2) is 48.6 Å². The molecule has 9 nitrogen and oxygen atoms in total. The van der Waals surface area contributed by atoms with Gasteiger partial charge in [-0.25, -0.2) is 0 Å². The molecular weight excluding hydrogens is 653 g/mol. The molecule has 3 aromatic carbocycles. The average molecular weight is 695 g/mol. The molecule has 0 radical (unpaired) electrons. The summed E-state index contributed by atoms with van der Waals surface area (Å²) in [6, 6.07) is 10.6. The molecule has 4 aliphatic rings. The zero-order valence-electron chi connectivity index (χ0n) is 27.0. The van der Waals surface area contributed by atoms with Gasteiger partial charge in [0, 0.05) is 45.6 Å². The number of rotatable bonds is 7. The molecule has 3 aromatic rings. The van der Waals surface area contributed by atoms with Gasteiger partial charge in [-0.05, 0) is 78.5 Å². The third kappa shape index (κ3) is 5.87. The summed E-state index contributed by atoms with van der Waals surface area (Å²) < 4.78 is 23.9. The minimum Gasteiger partial charge on any atom is -0.508 e. The molecule has 0 amide bonds. The summed E-state index contributed by atoms with van der Waals surface area (Å²) in [4.78, 5) is 0. The molecule has 7 atom stereocenters. The fraction of sp³-hybridized carbons (Fsp3) is 0.459. The highest BCUT2D eigenvalue weighted by molar-refractivity contribution is 8.77. The Morgan fingerprint density at radius 3 is 2.46 bits per heavy atom. The third-order valence-electron chi connectivity index (χ3n) is 10.3. The molecule has 7 rings (SSSR count). The maximum absolute atomic E-state index is 12.3. The van der Waals surface area contributed by atoms with Gasteiger partial charge in [0.25, 0.3) is 0 Å². The molecule has 0 unspecified atom stereocenters. The molecular formula is C37H42O9S2. The van der Waals surface area contributed by atoms with E-state index in [2.05, 4.69) is 12.2 Å². The number of fused-ring (bicyclic) bond motifs is 6. The van der Waals surface area contributed by atoms with E-state index in [1.165, 1.54) is 14.2 Å². The molecule has 2 aliphatic carbocycles. The maximum atomic E-state index is 12.3. The Balaban J connectivity index is 1.47. The third-order valence-corrected chi connectivity index (χ3v) is 13.1. The van der Waals surface area contributed by atoms with Gasteiger partial charge in [-0.1, -0.05) is 39.8 Å². The Hall–Kier alpha value is -3.22. The molecule has 2 aliphatic heterocycles. The molecule has 2 heterocycles. The number of aromatic hydroxyl groups is 2. The summed E-state index contributed by atoms with van der Waals surface area (Å²) in [6.45, 7) is -0.282. The Labute approximate surface area is 288 Å². The van der Waals surface area contributed by atoms with Crippen LogP contribution in [0.4, 0.5) is 0 Å². The van der Waals surface area contributed by atoms with Gasteiger partial charge in [0.05, 0.1) is 27.4 Å². The van der Waals surface area contributed by atoms with E-state index in [4.69, 9.17) is 18.9 Å². The highest BCUT2D eigenvalue weighted by Gasteiger charge is 2.46. The second kappa shape index (κ2) is 14.0. The van der Waals surface area contributed by atoms with Gasteiger partial charge < -0.3 is 44.5 Å². The summed E-state index contributed by atoms with van der Waals surface area (Å²) >= 11 is 0. The molecule has 256 valence electrons. The van der Waals surface area contributed by atoms with E-state index in [1.807, 2.05) is 29.0 Å². The fourth-order valence-electron chi connectivity index (χ4n) is 8.12. The predicted octanol–water partition coefficient (Wildman–Crippen LogP) is 6.41. The van der Waals surface area contributed by atoms with E-state index in [0.29, 0.717) is 34.0 Å². The van der Waals surface area contributed by atoms with Crippen molar-refractivity contribution in [1.82, 2.24) is 0 Å². The zero-order chi connectivity index (χ0) is 33.5. The van der Waals surface area contributed by atoms with E-state index in [1.54, 1.807) is 29.0 Å². The smallest absolute Gasteiger partial charge is 0.200 e. The van der Waals surface area contributed by atoms with Crippen molar-refractivity contribution in [2.24, 2.45) is 5.92 Å². The number of aliphatic hydroxyl groups is 3. The monoisotopic (exact) mass is 694 g/mol. The normalized spacial score (nSPS) is 27.4. The number of hydrogen-bond acceptors (Lipinski definition) is 11. The minimum atomic E-state index is -1.00. The number of aliphatic hydroxyl groups excluding tert-OH is 3. The molecule has 4 bridgehead atoms. The van der Waals surface area contributed by atoms with Crippen LogP contribution in [-0.4, -0.2) is 76.7 Å². The lowest BCUT2D eigenvalue weighted by atomic mass is 9.65. The quantitative estimate of drug-likeness (QED) is 0.139. The Morgan fingerprint density at radius 2 is 1.73 bits per heavy atom. The second-order valence-corrected chi connectivity index (χ2v) is 15.6. The van der Waals surface area contributed by atoms with Crippen LogP contribution in [0.2, 0.25) is 0 Å². The first-order valence-electron chi connectivity index (χ1n) is 16.5. The number of allylic oxidation sites excluding steroid dienone is 1. The molecule has 0 saturated carbocycles. The molecule has 5 N–H and O–H groups in total. The average Bonchev–Trinajstić information content (AvgIpc) is 3.10. The van der Waals surface area contributed by atoms with Crippen molar-refractivity contribution < 1.29 is 44.5 Å². The van der Waals surface area contributed by atoms with Crippen molar-refractivity contribution in [3.63, 3.8) is 0 Å². The Bertz CT molecular complexity index is 1670. The highest BCUT2D eigenvalue weighted by Crippen LogP contribution is 2.60. The van der Waals surface area contributed by atoms with Crippen molar-refractivity contribution in [3.8, 4) is 45.6 Å². The van der Waals surface area contributed by atoms with Gasteiger partial charge in [-0.2, -0.15) is 0 Å². The minimum absolute atomic E-state index is 0.0519. The predicted molar refractivity (Wildman–Crippen MR) is 187 cm³/mol. The first-order valence-corrected chi connectivity index (χ1v) is 18.9. The van der Waals surface area contributed by atoms with Crippen LogP contribution in [0.1, 0.15) is 71.8 Å². The van der Waals surface area contributed by atoms with Crippen molar-refractivity contribution >= 4 is 21.6 Å². The lowest BCUT2D eigenvalue weighted by Crippen LogP contribution is -2.37. The van der Waals surface area contributed by atoms with Crippen LogP contribution in [0.5, 0.6) is 34.5 Å². The first kappa shape index (κ1) is 33.3. The first-order chi connectivity index (χ1) is 23.4. The number of ether oxygens (including phenoxy) is 4.